The van der Waals surface area contributed by atoms with Gasteiger partial charge in [-0.1, -0.05) is 0 Å². The lowest BCUT2D eigenvalue weighted by atomic mass is 10.1. The van der Waals surface area contributed by atoms with Crippen LogP contribution < -0.4 is 15.5 Å². The summed E-state index contributed by atoms with van der Waals surface area (Å²) >= 11 is 0. The molecule has 1 aliphatic carbocycles. The molecule has 2 aliphatic heterocycles. The average Bonchev–Trinajstić information content (AvgIpc) is 3.52. The molecule has 4 heterocycles. The number of carbonyl (C=O) groups is 2. The van der Waals surface area contributed by atoms with Gasteiger partial charge in [0.2, 0.25) is 10.0 Å². The molecule has 12 nitrogen and oxygen atoms in total. The highest BCUT2D eigenvalue weighted by molar-refractivity contribution is 7.90. The highest BCUT2D eigenvalue weighted by Gasteiger charge is 2.41. The first kappa shape index (κ1) is 25.6. The van der Waals surface area contributed by atoms with Crippen molar-refractivity contribution in [3.63, 3.8) is 0 Å². The topological polar surface area (TPSA) is 147 Å². The molecule has 206 valence electrons. The van der Waals surface area contributed by atoms with E-state index in [2.05, 4.69) is 42.7 Å². The predicted octanol–water partition coefficient (Wildman–Crippen LogP) is 1.84. The number of aromatic amines is 2. The highest BCUT2D eigenvalue weighted by atomic mass is 32.2. The molecule has 2 aromatic heterocycles. The van der Waals surface area contributed by atoms with Crippen LogP contribution in [0.5, 0.6) is 0 Å². The van der Waals surface area contributed by atoms with Gasteiger partial charge in [0.05, 0.1) is 16.5 Å². The average molecular weight is 553 g/mol. The summed E-state index contributed by atoms with van der Waals surface area (Å²) in [4.78, 5) is 33.8. The lowest BCUT2D eigenvalue weighted by Crippen LogP contribution is -2.44. The van der Waals surface area contributed by atoms with Crippen LogP contribution in [-0.2, 0) is 23.0 Å². The largest absolute Gasteiger partial charge is 0.369 e. The zero-order chi connectivity index (χ0) is 27.1. The van der Waals surface area contributed by atoms with Crippen molar-refractivity contribution < 1.29 is 18.0 Å². The van der Waals surface area contributed by atoms with E-state index in [1.54, 1.807) is 24.4 Å². The number of nitrogens with zero attached hydrogens (tertiary/aromatic N) is 4. The van der Waals surface area contributed by atoms with Crippen LogP contribution in [0.1, 0.15) is 44.9 Å². The summed E-state index contributed by atoms with van der Waals surface area (Å²) in [5.74, 6) is -0.503. The maximum Gasteiger partial charge on any atom is 0.272 e. The number of piperazine rings is 1. The molecule has 0 radical (unpaired) electrons. The van der Waals surface area contributed by atoms with Gasteiger partial charge in [-0.2, -0.15) is 9.40 Å². The van der Waals surface area contributed by atoms with Crippen molar-refractivity contribution >= 4 is 39.0 Å². The summed E-state index contributed by atoms with van der Waals surface area (Å²) in [6.45, 7) is 4.08. The molecule has 0 unspecified atom stereocenters. The van der Waals surface area contributed by atoms with Crippen molar-refractivity contribution in [1.29, 1.82) is 0 Å². The van der Waals surface area contributed by atoms with Crippen molar-refractivity contribution in [3.8, 4) is 0 Å². The minimum Gasteiger partial charge on any atom is -0.369 e. The van der Waals surface area contributed by atoms with E-state index >= 15 is 0 Å². The summed E-state index contributed by atoms with van der Waals surface area (Å²) in [6, 6.07) is 8.81. The quantitative estimate of drug-likeness (QED) is 0.350. The zero-order valence-corrected chi connectivity index (χ0v) is 22.6. The molecule has 3 aromatic rings. The van der Waals surface area contributed by atoms with Crippen molar-refractivity contribution in [2.24, 2.45) is 0 Å². The number of aromatic nitrogens is 3. The summed E-state index contributed by atoms with van der Waals surface area (Å²) in [5.41, 5.74) is 3.45. The van der Waals surface area contributed by atoms with Gasteiger partial charge in [-0.05, 0) is 50.2 Å². The number of hydrogen-bond acceptors (Lipinski definition) is 7. The molecular formula is C26H32N8O4S. The number of sulfonamides is 1. The Balaban J connectivity index is 1.26. The van der Waals surface area contributed by atoms with E-state index in [0.717, 1.165) is 37.6 Å². The van der Waals surface area contributed by atoms with Crippen molar-refractivity contribution in [3.05, 3.63) is 59.0 Å². The Morgan fingerprint density at radius 2 is 1.82 bits per heavy atom. The van der Waals surface area contributed by atoms with Crippen LogP contribution in [-0.4, -0.2) is 89.6 Å². The standard InChI is InChI=1S/C26H32N8O4S/c1-32-11-13-33(14-12-32)17-4-7-19(23(15-17)28-26(36)22-3-2-9-27-22)25(35)29-24-20-16-34(10-8-21(20)30-31-24)39(37,38)18-5-6-18/h2-4,7,9,15,18,27H,5-6,8,10-14,16H2,1H3,(H,28,36)(H2,29,30,31,35). The lowest BCUT2D eigenvalue weighted by molar-refractivity contribution is 0.102. The fraction of sp³-hybridized carbons (Fsp3) is 0.423. The molecule has 1 aromatic carbocycles. The maximum absolute atomic E-state index is 13.5. The minimum absolute atomic E-state index is 0.166. The Hall–Kier alpha value is -3.68. The Morgan fingerprint density at radius 3 is 2.54 bits per heavy atom. The first-order valence-electron chi connectivity index (χ1n) is 13.2. The Kier molecular flexibility index (Phi) is 6.65. The Morgan fingerprint density at radius 1 is 1.03 bits per heavy atom. The summed E-state index contributed by atoms with van der Waals surface area (Å²) in [5, 5.41) is 12.7. The van der Waals surface area contributed by atoms with Gasteiger partial charge in [0.15, 0.2) is 5.82 Å². The second-order valence-corrected chi connectivity index (χ2v) is 12.6. The molecule has 2 fully saturated rings. The molecule has 3 aliphatic rings. The van der Waals surface area contributed by atoms with Gasteiger partial charge in [0.25, 0.3) is 11.8 Å². The number of amides is 2. The minimum atomic E-state index is -3.35. The number of nitrogens with one attached hydrogen (secondary N) is 4. The zero-order valence-electron chi connectivity index (χ0n) is 21.7. The fourth-order valence-electron chi connectivity index (χ4n) is 5.10. The van der Waals surface area contributed by atoms with Crippen LogP contribution in [0.3, 0.4) is 0 Å². The number of hydrogen-bond donors (Lipinski definition) is 4. The van der Waals surface area contributed by atoms with Gasteiger partial charge in [0.1, 0.15) is 5.69 Å². The first-order chi connectivity index (χ1) is 18.8. The number of likely N-dealkylation sites (N-methyl/N-ethyl adjacent to an activating group) is 1. The number of benzene rings is 1. The van der Waals surface area contributed by atoms with Crippen LogP contribution in [0.4, 0.5) is 17.2 Å². The molecule has 1 saturated carbocycles. The molecule has 0 spiro atoms. The van der Waals surface area contributed by atoms with Crippen molar-refractivity contribution in [2.45, 2.75) is 31.1 Å². The van der Waals surface area contributed by atoms with Gasteiger partial charge in [-0.25, -0.2) is 8.42 Å². The number of carbonyl (C=O) groups excluding carboxylic acids is 2. The third-order valence-electron chi connectivity index (χ3n) is 7.64. The Labute approximate surface area is 226 Å². The number of rotatable bonds is 7. The number of H-pyrrole nitrogens is 2. The molecular weight excluding hydrogens is 520 g/mol. The van der Waals surface area contributed by atoms with E-state index in [9.17, 15) is 18.0 Å². The van der Waals surface area contributed by atoms with E-state index in [-0.39, 0.29) is 23.3 Å². The van der Waals surface area contributed by atoms with E-state index in [0.29, 0.717) is 48.6 Å². The summed E-state index contributed by atoms with van der Waals surface area (Å²) in [7, 11) is -1.26. The molecule has 0 bridgehead atoms. The first-order valence-corrected chi connectivity index (χ1v) is 14.7. The number of anilines is 3. The third-order valence-corrected chi connectivity index (χ3v) is 9.99. The summed E-state index contributed by atoms with van der Waals surface area (Å²) < 4.78 is 27.1. The number of fused-ring (bicyclic) bond motifs is 1. The van der Waals surface area contributed by atoms with Crippen LogP contribution in [0.2, 0.25) is 0 Å². The maximum atomic E-state index is 13.5. The van der Waals surface area contributed by atoms with Crippen molar-refractivity contribution in [1.82, 2.24) is 24.4 Å². The second kappa shape index (κ2) is 10.1. The molecule has 6 rings (SSSR count). The molecule has 39 heavy (non-hydrogen) atoms. The van der Waals surface area contributed by atoms with Gasteiger partial charge in [-0.15, -0.1) is 0 Å². The Bertz CT molecular complexity index is 1490. The highest BCUT2D eigenvalue weighted by Crippen LogP contribution is 2.35. The molecule has 0 atom stereocenters. The van der Waals surface area contributed by atoms with Crippen LogP contribution >= 0.6 is 0 Å². The van der Waals surface area contributed by atoms with Gasteiger partial charge >= 0.3 is 0 Å². The normalized spacial score (nSPS) is 18.5. The predicted molar refractivity (Wildman–Crippen MR) is 147 cm³/mol. The molecule has 2 amide bonds. The lowest BCUT2D eigenvalue weighted by Gasteiger charge is -2.34. The van der Waals surface area contributed by atoms with Crippen LogP contribution in [0, 0.1) is 0 Å². The van der Waals surface area contributed by atoms with Crippen LogP contribution in [0.25, 0.3) is 0 Å². The third kappa shape index (κ3) is 5.16. The molecule has 4 N–H and O–H groups in total. The fourth-order valence-corrected chi connectivity index (χ4v) is 6.91. The summed E-state index contributed by atoms with van der Waals surface area (Å²) in [6.07, 6.45) is 3.56. The van der Waals surface area contributed by atoms with E-state index in [1.165, 1.54) is 4.31 Å². The van der Waals surface area contributed by atoms with Gasteiger partial charge in [-0.3, -0.25) is 14.7 Å². The van der Waals surface area contributed by atoms with Gasteiger partial charge in [0, 0.05) is 68.8 Å². The second-order valence-electron chi connectivity index (χ2n) is 10.4. The molecule has 1 saturated heterocycles. The van der Waals surface area contributed by atoms with Crippen molar-refractivity contribution in [2.75, 3.05) is 55.3 Å². The smallest absolute Gasteiger partial charge is 0.272 e. The SMILES string of the molecule is CN1CCN(c2ccc(C(=O)Nc3n[nH]c4c3CN(S(=O)(=O)C3CC3)CC4)c(NC(=O)c3ccc[nH]3)c2)CC1. The van der Waals surface area contributed by atoms with E-state index in [1.807, 2.05) is 12.1 Å². The van der Waals surface area contributed by atoms with E-state index in [4.69, 9.17) is 0 Å². The molecule has 13 heteroatoms. The van der Waals surface area contributed by atoms with Gasteiger partial charge < -0.3 is 25.4 Å². The van der Waals surface area contributed by atoms with E-state index < -0.39 is 15.9 Å². The van der Waals surface area contributed by atoms with Crippen LogP contribution in [0.15, 0.2) is 36.5 Å². The monoisotopic (exact) mass is 552 g/mol.